The molecule has 2 amide bonds. The van der Waals surface area contributed by atoms with Crippen molar-refractivity contribution < 1.29 is 19.1 Å². The van der Waals surface area contributed by atoms with Gasteiger partial charge in [-0.1, -0.05) is 12.1 Å². The SMILES string of the molecule is CCOc1ccccc1NC(=O)C/C(C)=N\NC(=O)OC. The molecule has 2 N–H and O–H groups in total. The van der Waals surface area contributed by atoms with Crippen LogP contribution in [0.2, 0.25) is 0 Å². The van der Waals surface area contributed by atoms with E-state index in [1.54, 1.807) is 25.1 Å². The first kappa shape index (κ1) is 16.5. The molecule has 0 heterocycles. The molecule has 0 aliphatic rings. The monoisotopic (exact) mass is 293 g/mol. The summed E-state index contributed by atoms with van der Waals surface area (Å²) in [5, 5.41) is 6.47. The lowest BCUT2D eigenvalue weighted by Gasteiger charge is -2.11. The predicted octanol–water partition coefficient (Wildman–Crippen LogP) is 2.15. The molecule has 0 atom stereocenters. The third-order valence-electron chi connectivity index (χ3n) is 2.40. The smallest absolute Gasteiger partial charge is 0.427 e. The van der Waals surface area contributed by atoms with Gasteiger partial charge in [0.25, 0.3) is 0 Å². The summed E-state index contributed by atoms with van der Waals surface area (Å²) in [5.74, 6) is 0.352. The molecule has 1 aromatic carbocycles. The Balaban J connectivity index is 2.59. The summed E-state index contributed by atoms with van der Waals surface area (Å²) in [6.45, 7) is 4.01. The highest BCUT2D eigenvalue weighted by Crippen LogP contribution is 2.23. The largest absolute Gasteiger partial charge is 0.492 e. The quantitative estimate of drug-likeness (QED) is 0.621. The molecule has 0 aliphatic carbocycles. The van der Waals surface area contributed by atoms with Gasteiger partial charge in [0.1, 0.15) is 5.75 Å². The second-order valence-corrected chi connectivity index (χ2v) is 4.10. The van der Waals surface area contributed by atoms with Gasteiger partial charge in [-0.3, -0.25) is 4.79 Å². The molecule has 7 nitrogen and oxygen atoms in total. The molecular formula is C14H19N3O4. The molecule has 21 heavy (non-hydrogen) atoms. The van der Waals surface area contributed by atoms with Crippen molar-refractivity contribution in [2.75, 3.05) is 19.0 Å². The van der Waals surface area contributed by atoms with E-state index in [1.165, 1.54) is 7.11 Å². The average molecular weight is 293 g/mol. The maximum Gasteiger partial charge on any atom is 0.427 e. The van der Waals surface area contributed by atoms with Crippen molar-refractivity contribution in [1.82, 2.24) is 5.43 Å². The molecule has 0 bridgehead atoms. The lowest BCUT2D eigenvalue weighted by molar-refractivity contribution is -0.115. The number of rotatable bonds is 6. The van der Waals surface area contributed by atoms with Gasteiger partial charge in [-0.15, -0.1) is 0 Å². The van der Waals surface area contributed by atoms with Gasteiger partial charge in [0.05, 0.1) is 25.8 Å². The summed E-state index contributed by atoms with van der Waals surface area (Å²) in [6, 6.07) is 7.16. The third kappa shape index (κ3) is 5.94. The van der Waals surface area contributed by atoms with Gasteiger partial charge in [0.2, 0.25) is 5.91 Å². The van der Waals surface area contributed by atoms with E-state index < -0.39 is 6.09 Å². The molecule has 0 fully saturated rings. The molecule has 0 radical (unpaired) electrons. The van der Waals surface area contributed by atoms with Crippen molar-refractivity contribution in [3.05, 3.63) is 24.3 Å². The van der Waals surface area contributed by atoms with E-state index in [0.717, 1.165) is 0 Å². The highest BCUT2D eigenvalue weighted by atomic mass is 16.5. The zero-order valence-corrected chi connectivity index (χ0v) is 12.3. The van der Waals surface area contributed by atoms with Gasteiger partial charge in [-0.2, -0.15) is 5.10 Å². The lowest BCUT2D eigenvalue weighted by atomic mass is 10.2. The van der Waals surface area contributed by atoms with Crippen molar-refractivity contribution >= 4 is 23.4 Å². The van der Waals surface area contributed by atoms with E-state index >= 15 is 0 Å². The Morgan fingerprint density at radius 1 is 1.29 bits per heavy atom. The van der Waals surface area contributed by atoms with Crippen LogP contribution < -0.4 is 15.5 Å². The number of hydrazone groups is 1. The first-order valence-electron chi connectivity index (χ1n) is 6.45. The van der Waals surface area contributed by atoms with E-state index in [1.807, 2.05) is 13.0 Å². The van der Waals surface area contributed by atoms with Crippen LogP contribution in [-0.4, -0.2) is 31.4 Å². The molecule has 0 unspecified atom stereocenters. The number of nitrogens with zero attached hydrogens (tertiary/aromatic N) is 1. The summed E-state index contributed by atoms with van der Waals surface area (Å²) >= 11 is 0. The number of anilines is 1. The highest BCUT2D eigenvalue weighted by molar-refractivity contribution is 6.06. The minimum absolute atomic E-state index is 0.0461. The van der Waals surface area contributed by atoms with E-state index in [4.69, 9.17) is 4.74 Å². The zero-order valence-electron chi connectivity index (χ0n) is 12.3. The summed E-state index contributed by atoms with van der Waals surface area (Å²) in [5.41, 5.74) is 3.20. The van der Waals surface area contributed by atoms with Crippen LogP contribution in [0.5, 0.6) is 5.75 Å². The Morgan fingerprint density at radius 3 is 2.67 bits per heavy atom. The molecule has 0 aliphatic heterocycles. The second kappa shape index (κ2) is 8.57. The fourth-order valence-electron chi connectivity index (χ4n) is 1.50. The molecular weight excluding hydrogens is 274 g/mol. The van der Waals surface area contributed by atoms with Crippen LogP contribution in [0.1, 0.15) is 20.3 Å². The zero-order chi connectivity index (χ0) is 15.7. The molecule has 1 aromatic rings. The molecule has 7 heteroatoms. The first-order valence-corrected chi connectivity index (χ1v) is 6.45. The highest BCUT2D eigenvalue weighted by Gasteiger charge is 2.09. The van der Waals surface area contributed by atoms with Crippen LogP contribution in [0.15, 0.2) is 29.4 Å². The number of carbonyl (C=O) groups excluding carboxylic acids is 2. The fraction of sp³-hybridized carbons (Fsp3) is 0.357. The van der Waals surface area contributed by atoms with Crippen molar-refractivity contribution in [1.29, 1.82) is 0 Å². The molecule has 0 saturated carbocycles. The standard InChI is InChI=1S/C14H19N3O4/c1-4-21-12-8-6-5-7-11(12)15-13(18)9-10(2)16-17-14(19)20-3/h5-8H,4,9H2,1-3H3,(H,15,18)(H,17,19)/b16-10-. The third-order valence-corrected chi connectivity index (χ3v) is 2.40. The van der Waals surface area contributed by atoms with Crippen LogP contribution in [0.4, 0.5) is 10.5 Å². The van der Waals surface area contributed by atoms with Gasteiger partial charge < -0.3 is 14.8 Å². The fourth-order valence-corrected chi connectivity index (χ4v) is 1.50. The maximum atomic E-state index is 11.9. The van der Waals surface area contributed by atoms with Crippen molar-refractivity contribution in [2.45, 2.75) is 20.3 Å². The van der Waals surface area contributed by atoms with Gasteiger partial charge >= 0.3 is 6.09 Å². The number of hydrogen-bond donors (Lipinski definition) is 2. The van der Waals surface area contributed by atoms with Crippen LogP contribution in [0, 0.1) is 0 Å². The van der Waals surface area contributed by atoms with Crippen LogP contribution >= 0.6 is 0 Å². The Labute approximate surface area is 123 Å². The van der Waals surface area contributed by atoms with Gasteiger partial charge in [-0.05, 0) is 26.0 Å². The van der Waals surface area contributed by atoms with Gasteiger partial charge in [-0.25, -0.2) is 10.2 Å². The molecule has 0 spiro atoms. The van der Waals surface area contributed by atoms with E-state index in [2.05, 4.69) is 20.6 Å². The van der Waals surface area contributed by atoms with E-state index in [0.29, 0.717) is 23.8 Å². The summed E-state index contributed by atoms with van der Waals surface area (Å²) in [6.07, 6.45) is -0.638. The van der Waals surface area contributed by atoms with Crippen LogP contribution in [-0.2, 0) is 9.53 Å². The number of amides is 2. The molecule has 1 rings (SSSR count). The average Bonchev–Trinajstić information content (AvgIpc) is 2.47. The normalized spacial score (nSPS) is 10.7. The summed E-state index contributed by atoms with van der Waals surface area (Å²) in [7, 11) is 1.23. The van der Waals surface area contributed by atoms with Crippen molar-refractivity contribution in [2.24, 2.45) is 5.10 Å². The number of ether oxygens (including phenoxy) is 2. The number of hydrogen-bond acceptors (Lipinski definition) is 5. The van der Waals surface area contributed by atoms with Gasteiger partial charge in [0, 0.05) is 5.71 Å². The maximum absolute atomic E-state index is 11.9. The van der Waals surface area contributed by atoms with Crippen molar-refractivity contribution in [3.8, 4) is 5.75 Å². The van der Waals surface area contributed by atoms with Crippen LogP contribution in [0.25, 0.3) is 0 Å². The Bertz CT molecular complexity index is 529. The first-order chi connectivity index (χ1) is 10.1. The second-order valence-electron chi connectivity index (χ2n) is 4.10. The summed E-state index contributed by atoms with van der Waals surface area (Å²) < 4.78 is 9.79. The molecule has 0 saturated heterocycles. The minimum Gasteiger partial charge on any atom is -0.492 e. The lowest BCUT2D eigenvalue weighted by Crippen LogP contribution is -2.21. The Kier molecular flexibility index (Phi) is 6.73. The van der Waals surface area contributed by atoms with E-state index in [-0.39, 0.29) is 12.3 Å². The molecule has 114 valence electrons. The number of carbonyl (C=O) groups is 2. The summed E-state index contributed by atoms with van der Waals surface area (Å²) in [4.78, 5) is 22.8. The Morgan fingerprint density at radius 2 is 2.00 bits per heavy atom. The Hall–Kier alpha value is -2.57. The van der Waals surface area contributed by atoms with E-state index in [9.17, 15) is 9.59 Å². The van der Waals surface area contributed by atoms with Gasteiger partial charge in [0.15, 0.2) is 0 Å². The number of methoxy groups -OCH3 is 1. The molecule has 0 aromatic heterocycles. The van der Waals surface area contributed by atoms with Crippen molar-refractivity contribution in [3.63, 3.8) is 0 Å². The number of nitrogens with one attached hydrogen (secondary N) is 2. The minimum atomic E-state index is -0.684. The van der Waals surface area contributed by atoms with Crippen LogP contribution in [0.3, 0.4) is 0 Å². The topological polar surface area (TPSA) is 89.0 Å². The number of benzene rings is 1. The predicted molar refractivity (Wildman–Crippen MR) is 79.5 cm³/mol. The number of para-hydroxylation sites is 2.